The number of sulfone groups is 1. The van der Waals surface area contributed by atoms with Gasteiger partial charge in [-0.3, -0.25) is 0 Å². The highest BCUT2D eigenvalue weighted by Crippen LogP contribution is 2.29. The molecule has 0 spiro atoms. The summed E-state index contributed by atoms with van der Waals surface area (Å²) in [4.78, 5) is 0. The fraction of sp³-hybridized carbons (Fsp3) is 1.00. The molecule has 3 nitrogen and oxygen atoms in total. The van der Waals surface area contributed by atoms with Crippen LogP contribution in [0.4, 0.5) is 0 Å². The number of rotatable bonds is 9. The van der Waals surface area contributed by atoms with E-state index in [4.69, 9.17) is 0 Å². The Morgan fingerprint density at radius 2 is 1.84 bits per heavy atom. The molecule has 0 radical (unpaired) electrons. The summed E-state index contributed by atoms with van der Waals surface area (Å²) in [5.74, 6) is 1.12. The third kappa shape index (κ3) is 5.82. The Hall–Kier alpha value is -0.0900. The smallest absolute Gasteiger partial charge is 0.152 e. The highest BCUT2D eigenvalue weighted by Gasteiger charge is 2.25. The average molecular weight is 289 g/mol. The minimum Gasteiger partial charge on any atom is -0.314 e. The van der Waals surface area contributed by atoms with E-state index in [9.17, 15) is 8.42 Å². The molecule has 1 saturated carbocycles. The van der Waals surface area contributed by atoms with Crippen molar-refractivity contribution in [2.75, 3.05) is 12.3 Å². The summed E-state index contributed by atoms with van der Waals surface area (Å²) < 4.78 is 23.7. The predicted molar refractivity (Wildman–Crippen MR) is 82.2 cm³/mol. The summed E-state index contributed by atoms with van der Waals surface area (Å²) in [7, 11) is -2.87. The molecule has 0 aliphatic heterocycles. The van der Waals surface area contributed by atoms with Gasteiger partial charge in [0.2, 0.25) is 0 Å². The summed E-state index contributed by atoms with van der Waals surface area (Å²) in [6, 6.07) is 0.532. The lowest BCUT2D eigenvalue weighted by atomic mass is 9.94. The highest BCUT2D eigenvalue weighted by atomic mass is 32.2. The first kappa shape index (κ1) is 17.0. The van der Waals surface area contributed by atoms with E-state index in [2.05, 4.69) is 12.2 Å². The van der Waals surface area contributed by atoms with Crippen molar-refractivity contribution < 1.29 is 8.42 Å². The van der Waals surface area contributed by atoms with E-state index < -0.39 is 9.84 Å². The Morgan fingerprint density at radius 1 is 1.21 bits per heavy atom. The Bertz CT molecular complexity index is 332. The van der Waals surface area contributed by atoms with Gasteiger partial charge in [-0.05, 0) is 58.4 Å². The van der Waals surface area contributed by atoms with Crippen LogP contribution >= 0.6 is 0 Å². The first-order valence-electron chi connectivity index (χ1n) is 7.92. The Balaban J connectivity index is 2.40. The van der Waals surface area contributed by atoms with Crippen LogP contribution in [0.3, 0.4) is 0 Å². The van der Waals surface area contributed by atoms with E-state index in [1.54, 1.807) is 13.8 Å². The van der Waals surface area contributed by atoms with Crippen molar-refractivity contribution in [3.63, 3.8) is 0 Å². The maximum absolute atomic E-state index is 11.8. The summed E-state index contributed by atoms with van der Waals surface area (Å²) in [5.41, 5.74) is 0. The van der Waals surface area contributed by atoms with Gasteiger partial charge in [0.25, 0.3) is 0 Å². The molecule has 1 fully saturated rings. The van der Waals surface area contributed by atoms with Gasteiger partial charge in [-0.2, -0.15) is 0 Å². The van der Waals surface area contributed by atoms with E-state index in [-0.39, 0.29) is 5.25 Å². The lowest BCUT2D eigenvalue weighted by molar-refractivity contribution is 0.338. The molecule has 114 valence electrons. The van der Waals surface area contributed by atoms with Crippen molar-refractivity contribution in [1.82, 2.24) is 5.32 Å². The standard InChI is InChI=1S/C15H31NO2S/c1-4-11-16-15(14-8-5-6-9-14)10-7-12-19(17,18)13(2)3/h13-16H,4-12H2,1-3H3. The van der Waals surface area contributed by atoms with Crippen LogP contribution in [-0.2, 0) is 9.84 Å². The average Bonchev–Trinajstić information content (AvgIpc) is 2.86. The molecule has 1 atom stereocenters. The molecule has 0 aromatic carbocycles. The lowest BCUT2D eigenvalue weighted by Crippen LogP contribution is -2.36. The molecule has 0 aromatic heterocycles. The SMILES string of the molecule is CCCNC(CCCS(=O)(=O)C(C)C)C1CCCC1. The Morgan fingerprint density at radius 3 is 2.37 bits per heavy atom. The van der Waals surface area contributed by atoms with Crippen molar-refractivity contribution in [3.05, 3.63) is 0 Å². The summed E-state index contributed by atoms with van der Waals surface area (Å²) >= 11 is 0. The third-order valence-corrected chi connectivity index (χ3v) is 6.58. The molecule has 0 saturated heterocycles. The zero-order valence-electron chi connectivity index (χ0n) is 12.8. The molecule has 1 aliphatic carbocycles. The molecule has 19 heavy (non-hydrogen) atoms. The van der Waals surface area contributed by atoms with Gasteiger partial charge in [-0.1, -0.05) is 19.8 Å². The van der Waals surface area contributed by atoms with E-state index in [0.717, 1.165) is 31.7 Å². The van der Waals surface area contributed by atoms with E-state index in [0.29, 0.717) is 11.8 Å². The molecule has 0 bridgehead atoms. The van der Waals surface area contributed by atoms with E-state index in [1.165, 1.54) is 25.7 Å². The lowest BCUT2D eigenvalue weighted by Gasteiger charge is -2.25. The van der Waals surface area contributed by atoms with Crippen LogP contribution in [-0.4, -0.2) is 32.0 Å². The summed E-state index contributed by atoms with van der Waals surface area (Å²) in [6.07, 6.45) is 8.29. The number of nitrogens with one attached hydrogen (secondary N) is 1. The first-order chi connectivity index (χ1) is 8.97. The van der Waals surface area contributed by atoms with Gasteiger partial charge >= 0.3 is 0 Å². The topological polar surface area (TPSA) is 46.2 Å². The molecule has 0 heterocycles. The van der Waals surface area contributed by atoms with Gasteiger partial charge in [0.05, 0.1) is 11.0 Å². The van der Waals surface area contributed by atoms with Crippen LogP contribution in [0.15, 0.2) is 0 Å². The summed E-state index contributed by atoms with van der Waals surface area (Å²) in [5, 5.41) is 3.40. The van der Waals surface area contributed by atoms with Crippen LogP contribution in [0, 0.1) is 5.92 Å². The van der Waals surface area contributed by atoms with Crippen molar-refractivity contribution in [2.45, 2.75) is 77.0 Å². The van der Waals surface area contributed by atoms with Crippen molar-refractivity contribution >= 4 is 9.84 Å². The normalized spacial score (nSPS) is 19.2. The van der Waals surface area contributed by atoms with Gasteiger partial charge in [0.15, 0.2) is 9.84 Å². The van der Waals surface area contributed by atoms with Gasteiger partial charge in [-0.15, -0.1) is 0 Å². The number of hydrogen-bond acceptors (Lipinski definition) is 3. The van der Waals surface area contributed by atoms with Crippen LogP contribution in [0.2, 0.25) is 0 Å². The maximum atomic E-state index is 11.8. The molecule has 1 aliphatic rings. The first-order valence-corrected chi connectivity index (χ1v) is 9.64. The molecule has 1 unspecified atom stereocenters. The zero-order valence-corrected chi connectivity index (χ0v) is 13.6. The molecule has 4 heteroatoms. The van der Waals surface area contributed by atoms with Gasteiger partial charge < -0.3 is 5.32 Å². The zero-order chi connectivity index (χ0) is 14.3. The Labute approximate surface area is 119 Å². The van der Waals surface area contributed by atoms with Gasteiger partial charge in [0, 0.05) is 6.04 Å². The van der Waals surface area contributed by atoms with Crippen molar-refractivity contribution in [2.24, 2.45) is 5.92 Å². The quantitative estimate of drug-likeness (QED) is 0.709. The molecule has 1 rings (SSSR count). The highest BCUT2D eigenvalue weighted by molar-refractivity contribution is 7.91. The van der Waals surface area contributed by atoms with E-state index in [1.807, 2.05) is 0 Å². The van der Waals surface area contributed by atoms with Crippen LogP contribution in [0.5, 0.6) is 0 Å². The fourth-order valence-electron chi connectivity index (χ4n) is 2.93. The largest absolute Gasteiger partial charge is 0.314 e. The molecule has 0 aromatic rings. The fourth-order valence-corrected chi connectivity index (χ4v) is 3.97. The van der Waals surface area contributed by atoms with E-state index >= 15 is 0 Å². The maximum Gasteiger partial charge on any atom is 0.152 e. The Kier molecular flexibility index (Phi) is 7.37. The third-order valence-electron chi connectivity index (χ3n) is 4.29. The second-order valence-corrected chi connectivity index (χ2v) is 8.84. The minimum atomic E-state index is -2.87. The molecular formula is C15H31NO2S. The second kappa shape index (κ2) is 8.25. The van der Waals surface area contributed by atoms with Gasteiger partial charge in [0.1, 0.15) is 0 Å². The predicted octanol–water partition coefficient (Wildman–Crippen LogP) is 3.15. The monoisotopic (exact) mass is 289 g/mol. The van der Waals surface area contributed by atoms with Crippen LogP contribution in [0.25, 0.3) is 0 Å². The van der Waals surface area contributed by atoms with Crippen molar-refractivity contribution in [3.8, 4) is 0 Å². The summed E-state index contributed by atoms with van der Waals surface area (Å²) in [6.45, 7) is 6.79. The van der Waals surface area contributed by atoms with Crippen molar-refractivity contribution in [1.29, 1.82) is 0 Å². The van der Waals surface area contributed by atoms with Crippen LogP contribution < -0.4 is 5.32 Å². The number of hydrogen-bond donors (Lipinski definition) is 1. The second-order valence-electron chi connectivity index (χ2n) is 6.16. The molecular weight excluding hydrogens is 258 g/mol. The minimum absolute atomic E-state index is 0.235. The van der Waals surface area contributed by atoms with Gasteiger partial charge in [-0.25, -0.2) is 8.42 Å². The molecule has 0 amide bonds. The molecule has 1 N–H and O–H groups in total. The van der Waals surface area contributed by atoms with Crippen LogP contribution in [0.1, 0.15) is 65.7 Å².